The molecule has 0 bridgehead atoms. The van der Waals surface area contributed by atoms with E-state index in [9.17, 15) is 26.3 Å². The summed E-state index contributed by atoms with van der Waals surface area (Å²) in [5.41, 5.74) is 0. The first-order valence-electron chi connectivity index (χ1n) is 5.67. The zero-order chi connectivity index (χ0) is 16.1. The molecule has 8 heteroatoms. The number of halogens is 7. The minimum absolute atomic E-state index is 0.541. The van der Waals surface area contributed by atoms with Crippen LogP contribution < -0.4 is 4.74 Å². The Bertz CT molecular complexity index is 744. The fourth-order valence-corrected chi connectivity index (χ4v) is 2.44. The maximum Gasteiger partial charge on any atom is 0.202 e. The van der Waals surface area contributed by atoms with Crippen molar-refractivity contribution in [2.24, 2.45) is 0 Å². The van der Waals surface area contributed by atoms with Crippen LogP contribution in [-0.4, -0.2) is 6.10 Å². The predicted molar refractivity (Wildman–Crippen MR) is 67.2 cm³/mol. The maximum atomic E-state index is 13.9. The smallest absolute Gasteiger partial charge is 0.202 e. The van der Waals surface area contributed by atoms with Crippen molar-refractivity contribution in [2.75, 3.05) is 0 Å². The molecule has 0 heterocycles. The molecule has 2 aromatic rings. The van der Waals surface area contributed by atoms with Gasteiger partial charge in [0.1, 0.15) is 0 Å². The van der Waals surface area contributed by atoms with E-state index in [-0.39, 0.29) is 0 Å². The number of rotatable bonds is 2. The highest BCUT2D eigenvalue weighted by molar-refractivity contribution is 9.10. The average molecular weight is 373 g/mol. The Morgan fingerprint density at radius 3 is 1.62 bits per heavy atom. The summed E-state index contributed by atoms with van der Waals surface area (Å²) in [6.07, 6.45) is -0.620. The molecule has 0 aliphatic rings. The predicted octanol–water partition coefficient (Wildman–Crippen LogP) is 5.22. The third-order valence-corrected chi connectivity index (χ3v) is 3.41. The van der Waals surface area contributed by atoms with E-state index in [1.54, 1.807) is 0 Å². The standard InChI is InChI=1S/C13H7BrF6O/c1-3(2)21-13-6(14)4-5(9(17)12(13)20)8(16)11(19)10(18)7(4)15/h3H,1-2H3. The fourth-order valence-electron chi connectivity index (χ4n) is 1.80. The van der Waals surface area contributed by atoms with E-state index in [0.29, 0.717) is 0 Å². The summed E-state index contributed by atoms with van der Waals surface area (Å²) >= 11 is 2.71. The zero-order valence-corrected chi connectivity index (χ0v) is 12.2. The third kappa shape index (κ3) is 2.35. The van der Waals surface area contributed by atoms with Crippen molar-refractivity contribution in [3.63, 3.8) is 0 Å². The van der Waals surface area contributed by atoms with Crippen molar-refractivity contribution in [1.82, 2.24) is 0 Å². The van der Waals surface area contributed by atoms with Crippen molar-refractivity contribution in [1.29, 1.82) is 0 Å². The highest BCUT2D eigenvalue weighted by atomic mass is 79.9. The van der Waals surface area contributed by atoms with E-state index >= 15 is 0 Å². The van der Waals surface area contributed by atoms with Gasteiger partial charge >= 0.3 is 0 Å². The first-order chi connectivity index (χ1) is 9.68. The minimum atomic E-state index is -2.22. The lowest BCUT2D eigenvalue weighted by atomic mass is 10.1. The second kappa shape index (κ2) is 5.40. The van der Waals surface area contributed by atoms with E-state index in [0.717, 1.165) is 0 Å². The van der Waals surface area contributed by atoms with Crippen LogP contribution in [0.15, 0.2) is 4.47 Å². The van der Waals surface area contributed by atoms with E-state index in [4.69, 9.17) is 4.74 Å². The molecule has 1 nitrogen and oxygen atoms in total. The fraction of sp³-hybridized carbons (Fsp3) is 0.231. The Hall–Kier alpha value is -1.44. The van der Waals surface area contributed by atoms with Crippen LogP contribution in [0.4, 0.5) is 26.3 Å². The van der Waals surface area contributed by atoms with Crippen molar-refractivity contribution >= 4 is 26.7 Å². The van der Waals surface area contributed by atoms with Crippen LogP contribution in [-0.2, 0) is 0 Å². The number of hydrogen-bond acceptors (Lipinski definition) is 1. The maximum absolute atomic E-state index is 13.9. The van der Waals surface area contributed by atoms with Crippen LogP contribution in [0.5, 0.6) is 5.75 Å². The molecule has 0 aliphatic heterocycles. The van der Waals surface area contributed by atoms with Gasteiger partial charge in [-0.15, -0.1) is 0 Å². The first-order valence-corrected chi connectivity index (χ1v) is 6.46. The lowest BCUT2D eigenvalue weighted by Crippen LogP contribution is -2.10. The summed E-state index contributed by atoms with van der Waals surface area (Å²) < 4.78 is 85.9. The largest absolute Gasteiger partial charge is 0.487 e. The van der Waals surface area contributed by atoms with Crippen molar-refractivity contribution in [3.05, 3.63) is 39.4 Å². The third-order valence-electron chi connectivity index (χ3n) is 2.65. The van der Waals surface area contributed by atoms with Crippen molar-refractivity contribution < 1.29 is 31.1 Å². The van der Waals surface area contributed by atoms with Gasteiger partial charge in [0, 0.05) is 5.39 Å². The minimum Gasteiger partial charge on any atom is -0.487 e. The number of benzene rings is 2. The summed E-state index contributed by atoms with van der Waals surface area (Å²) in [4.78, 5) is 0. The molecule has 0 aromatic heterocycles. The Morgan fingerprint density at radius 1 is 0.714 bits per heavy atom. The molecule has 0 fully saturated rings. The first kappa shape index (κ1) is 15.9. The van der Waals surface area contributed by atoms with Crippen LogP contribution in [0.1, 0.15) is 13.8 Å². The molecule has 0 aliphatic carbocycles. The number of fused-ring (bicyclic) bond motifs is 1. The average Bonchev–Trinajstić information content (AvgIpc) is 2.42. The second-order valence-electron chi connectivity index (χ2n) is 4.44. The van der Waals surface area contributed by atoms with Gasteiger partial charge in [-0.1, -0.05) is 0 Å². The van der Waals surface area contributed by atoms with Gasteiger partial charge in [-0.3, -0.25) is 0 Å². The van der Waals surface area contributed by atoms with Gasteiger partial charge in [0.15, 0.2) is 34.8 Å². The van der Waals surface area contributed by atoms with Crippen molar-refractivity contribution in [3.8, 4) is 5.75 Å². The Morgan fingerprint density at radius 2 is 1.14 bits per heavy atom. The summed E-state index contributed by atoms with van der Waals surface area (Å²) in [5, 5.41) is -2.30. The van der Waals surface area contributed by atoms with Gasteiger partial charge in [-0.2, -0.15) is 4.39 Å². The summed E-state index contributed by atoms with van der Waals surface area (Å²) in [5.74, 6) is -12.4. The molecule has 2 rings (SSSR count). The van der Waals surface area contributed by atoms with E-state index in [2.05, 4.69) is 15.9 Å². The Labute approximate surface area is 123 Å². The molecule has 0 radical (unpaired) electrons. The molecule has 0 saturated heterocycles. The molecule has 0 spiro atoms. The van der Waals surface area contributed by atoms with Gasteiger partial charge in [0.05, 0.1) is 16.0 Å². The van der Waals surface area contributed by atoms with E-state index < -0.39 is 62.0 Å². The topological polar surface area (TPSA) is 9.23 Å². The van der Waals surface area contributed by atoms with Crippen LogP contribution >= 0.6 is 15.9 Å². The highest BCUT2D eigenvalue weighted by Gasteiger charge is 2.30. The van der Waals surface area contributed by atoms with Crippen LogP contribution in [0.25, 0.3) is 10.8 Å². The molecule has 2 aromatic carbocycles. The van der Waals surface area contributed by atoms with Crippen molar-refractivity contribution in [2.45, 2.75) is 20.0 Å². The summed E-state index contributed by atoms with van der Waals surface area (Å²) in [6, 6.07) is 0. The molecule has 21 heavy (non-hydrogen) atoms. The molecule has 0 saturated carbocycles. The lowest BCUT2D eigenvalue weighted by molar-refractivity contribution is 0.227. The normalized spacial score (nSPS) is 11.5. The van der Waals surface area contributed by atoms with Crippen LogP contribution in [0.3, 0.4) is 0 Å². The Balaban J connectivity index is 3.03. The van der Waals surface area contributed by atoms with E-state index in [1.165, 1.54) is 13.8 Å². The van der Waals surface area contributed by atoms with Gasteiger partial charge < -0.3 is 4.74 Å². The zero-order valence-electron chi connectivity index (χ0n) is 10.6. The van der Waals surface area contributed by atoms with Gasteiger partial charge in [-0.25, -0.2) is 22.0 Å². The van der Waals surface area contributed by atoms with Gasteiger partial charge in [-0.05, 0) is 29.8 Å². The summed E-state index contributed by atoms with van der Waals surface area (Å²) in [7, 11) is 0. The molecule has 0 unspecified atom stereocenters. The Kier molecular flexibility index (Phi) is 4.10. The number of ether oxygens (including phenoxy) is 1. The molecule has 0 atom stereocenters. The number of hydrogen-bond donors (Lipinski definition) is 0. The lowest BCUT2D eigenvalue weighted by Gasteiger charge is -2.16. The SMILES string of the molecule is CC(C)Oc1c(F)c(F)c2c(F)c(F)c(F)c(F)c2c1Br. The highest BCUT2D eigenvalue weighted by Crippen LogP contribution is 2.42. The van der Waals surface area contributed by atoms with Gasteiger partial charge in [0.2, 0.25) is 5.82 Å². The molecule has 0 amide bonds. The second-order valence-corrected chi connectivity index (χ2v) is 5.24. The quantitative estimate of drug-likeness (QED) is 0.398. The molecular weight excluding hydrogens is 366 g/mol. The monoisotopic (exact) mass is 372 g/mol. The molecule has 114 valence electrons. The van der Waals surface area contributed by atoms with Crippen LogP contribution in [0, 0.1) is 34.9 Å². The van der Waals surface area contributed by atoms with Gasteiger partial charge in [0.25, 0.3) is 0 Å². The summed E-state index contributed by atoms with van der Waals surface area (Å²) in [6.45, 7) is 2.96. The van der Waals surface area contributed by atoms with Crippen LogP contribution in [0.2, 0.25) is 0 Å². The molecule has 0 N–H and O–H groups in total. The molecular formula is C13H7BrF6O. The van der Waals surface area contributed by atoms with E-state index in [1.807, 2.05) is 0 Å².